The lowest BCUT2D eigenvalue weighted by molar-refractivity contribution is -0.141. The molecule has 5 nitrogen and oxygen atoms in total. The van der Waals surface area contributed by atoms with Crippen molar-refractivity contribution in [2.75, 3.05) is 24.3 Å². The van der Waals surface area contributed by atoms with Crippen LogP contribution < -0.4 is 10.6 Å². The Kier molecular flexibility index (Phi) is 4.03. The molecule has 2 rings (SSSR count). The van der Waals surface area contributed by atoms with Gasteiger partial charge in [0.05, 0.1) is 12.1 Å². The fraction of sp³-hybridized carbons (Fsp3) is 0.667. The molecule has 1 aromatic rings. The first-order valence-electron chi connectivity index (χ1n) is 6.42. The Bertz CT molecular complexity index is 472. The van der Waals surface area contributed by atoms with E-state index < -0.39 is 17.4 Å². The van der Waals surface area contributed by atoms with E-state index in [2.05, 4.69) is 20.6 Å². The molecule has 1 aromatic heterocycles. The lowest BCUT2D eigenvalue weighted by Gasteiger charge is -2.29. The summed E-state index contributed by atoms with van der Waals surface area (Å²) < 4.78 is 38.3. The number of halogens is 3. The van der Waals surface area contributed by atoms with Crippen molar-refractivity contribution in [2.45, 2.75) is 37.4 Å². The van der Waals surface area contributed by atoms with E-state index in [1.54, 1.807) is 0 Å². The van der Waals surface area contributed by atoms with Crippen LogP contribution in [-0.2, 0) is 6.18 Å². The Balaban J connectivity index is 2.31. The molecule has 0 radical (unpaired) electrons. The van der Waals surface area contributed by atoms with E-state index in [1.165, 1.54) is 7.05 Å². The zero-order valence-electron chi connectivity index (χ0n) is 11.1. The summed E-state index contributed by atoms with van der Waals surface area (Å²) in [7, 11) is 1.46. The molecule has 0 atom stereocenters. The van der Waals surface area contributed by atoms with Crippen LogP contribution in [0.1, 0.15) is 31.4 Å². The van der Waals surface area contributed by atoms with E-state index in [4.69, 9.17) is 0 Å². The van der Waals surface area contributed by atoms with Gasteiger partial charge in [-0.05, 0) is 12.8 Å². The van der Waals surface area contributed by atoms with Crippen molar-refractivity contribution in [3.63, 3.8) is 0 Å². The van der Waals surface area contributed by atoms with Crippen LogP contribution >= 0.6 is 0 Å². The first-order valence-corrected chi connectivity index (χ1v) is 6.42. The van der Waals surface area contributed by atoms with E-state index in [9.17, 15) is 18.3 Å². The number of hydrogen-bond acceptors (Lipinski definition) is 5. The fourth-order valence-corrected chi connectivity index (χ4v) is 2.41. The van der Waals surface area contributed by atoms with Crippen molar-refractivity contribution < 1.29 is 18.3 Å². The second-order valence-corrected chi connectivity index (χ2v) is 4.98. The first kappa shape index (κ1) is 14.8. The second kappa shape index (κ2) is 5.43. The highest BCUT2D eigenvalue weighted by molar-refractivity contribution is 5.45. The number of hydrogen-bond donors (Lipinski definition) is 3. The Morgan fingerprint density at radius 1 is 1.30 bits per heavy atom. The van der Waals surface area contributed by atoms with Crippen LogP contribution in [0.3, 0.4) is 0 Å². The summed E-state index contributed by atoms with van der Waals surface area (Å²) in [6.07, 6.45) is -1.24. The van der Waals surface area contributed by atoms with E-state index >= 15 is 0 Å². The summed E-state index contributed by atoms with van der Waals surface area (Å²) >= 11 is 0. The van der Waals surface area contributed by atoms with Crippen molar-refractivity contribution in [2.24, 2.45) is 0 Å². The number of anilines is 2. The van der Waals surface area contributed by atoms with Gasteiger partial charge in [-0.25, -0.2) is 4.98 Å². The Morgan fingerprint density at radius 3 is 2.45 bits per heavy atom. The number of nitrogens with one attached hydrogen (secondary N) is 2. The maximum Gasteiger partial charge on any atom is 0.433 e. The molecule has 3 N–H and O–H groups in total. The summed E-state index contributed by atoms with van der Waals surface area (Å²) in [5, 5.41) is 15.0. The van der Waals surface area contributed by atoms with Crippen LogP contribution in [-0.4, -0.2) is 34.3 Å². The highest BCUT2D eigenvalue weighted by Crippen LogP contribution is 2.34. The van der Waals surface area contributed by atoms with Crippen molar-refractivity contribution >= 4 is 11.8 Å². The number of rotatable bonds is 4. The Morgan fingerprint density at radius 2 is 1.95 bits per heavy atom. The van der Waals surface area contributed by atoms with Crippen molar-refractivity contribution in [3.05, 3.63) is 11.8 Å². The highest BCUT2D eigenvalue weighted by atomic mass is 19.4. The molecular formula is C12H17F3N4O. The van der Waals surface area contributed by atoms with Gasteiger partial charge in [-0.1, -0.05) is 12.8 Å². The zero-order valence-corrected chi connectivity index (χ0v) is 11.1. The van der Waals surface area contributed by atoms with Crippen LogP contribution in [0.2, 0.25) is 0 Å². The molecule has 0 unspecified atom stereocenters. The second-order valence-electron chi connectivity index (χ2n) is 4.98. The maximum atomic E-state index is 12.8. The van der Waals surface area contributed by atoms with Crippen molar-refractivity contribution in [3.8, 4) is 0 Å². The predicted molar refractivity (Wildman–Crippen MR) is 68.5 cm³/mol. The van der Waals surface area contributed by atoms with E-state index in [0.29, 0.717) is 12.8 Å². The largest absolute Gasteiger partial charge is 0.433 e. The standard InChI is InChI=1S/C12H17F3N4O/c1-16-10-17-8(12(13,14)15)6-9(18-10)19-11(7-20)4-2-3-5-11/h6,20H,2-5,7H2,1H3,(H2,16,17,18,19). The lowest BCUT2D eigenvalue weighted by atomic mass is 9.99. The summed E-state index contributed by atoms with van der Waals surface area (Å²) in [5.41, 5.74) is -1.59. The van der Waals surface area contributed by atoms with Gasteiger partial charge in [-0.3, -0.25) is 0 Å². The van der Waals surface area contributed by atoms with E-state index in [1.807, 2.05) is 0 Å². The summed E-state index contributed by atoms with van der Waals surface area (Å²) in [6.45, 7) is -0.132. The van der Waals surface area contributed by atoms with Gasteiger partial charge in [0.15, 0.2) is 5.69 Å². The molecule has 0 spiro atoms. The van der Waals surface area contributed by atoms with Crippen LogP contribution in [0, 0.1) is 0 Å². The van der Waals surface area contributed by atoms with Gasteiger partial charge in [-0.2, -0.15) is 18.2 Å². The molecule has 0 amide bonds. The third-order valence-electron chi connectivity index (χ3n) is 3.50. The van der Waals surface area contributed by atoms with Gasteiger partial charge in [-0.15, -0.1) is 0 Å². The van der Waals surface area contributed by atoms with E-state index in [-0.39, 0.29) is 18.4 Å². The number of aliphatic hydroxyl groups excluding tert-OH is 1. The number of aliphatic hydroxyl groups is 1. The van der Waals surface area contributed by atoms with Crippen LogP contribution in [0.25, 0.3) is 0 Å². The van der Waals surface area contributed by atoms with Gasteiger partial charge in [0.1, 0.15) is 5.82 Å². The number of alkyl halides is 3. The fourth-order valence-electron chi connectivity index (χ4n) is 2.41. The molecule has 1 saturated carbocycles. The molecular weight excluding hydrogens is 273 g/mol. The average Bonchev–Trinajstić information content (AvgIpc) is 2.86. The molecule has 1 aliphatic rings. The van der Waals surface area contributed by atoms with Crippen molar-refractivity contribution in [1.82, 2.24) is 9.97 Å². The van der Waals surface area contributed by atoms with Crippen LogP contribution in [0.15, 0.2) is 6.07 Å². The molecule has 1 heterocycles. The Labute approximate surface area is 114 Å². The minimum Gasteiger partial charge on any atom is -0.394 e. The minimum atomic E-state index is -4.53. The minimum absolute atomic E-state index is 0.0765. The molecule has 112 valence electrons. The smallest absolute Gasteiger partial charge is 0.394 e. The van der Waals surface area contributed by atoms with Crippen molar-refractivity contribution in [1.29, 1.82) is 0 Å². The highest BCUT2D eigenvalue weighted by Gasteiger charge is 2.36. The molecule has 1 fully saturated rings. The quantitative estimate of drug-likeness (QED) is 0.793. The predicted octanol–water partition coefficient (Wildman–Crippen LogP) is 2.25. The van der Waals surface area contributed by atoms with Gasteiger partial charge >= 0.3 is 6.18 Å². The van der Waals surface area contributed by atoms with Crippen LogP contribution in [0.4, 0.5) is 24.9 Å². The molecule has 20 heavy (non-hydrogen) atoms. The Hall–Kier alpha value is -1.57. The number of nitrogens with zero attached hydrogens (tertiary/aromatic N) is 2. The maximum absolute atomic E-state index is 12.8. The first-order chi connectivity index (χ1) is 9.38. The lowest BCUT2D eigenvalue weighted by Crippen LogP contribution is -2.39. The topological polar surface area (TPSA) is 70.1 Å². The molecule has 0 aromatic carbocycles. The summed E-state index contributed by atoms with van der Waals surface area (Å²) in [4.78, 5) is 7.37. The molecule has 0 saturated heterocycles. The summed E-state index contributed by atoms with van der Waals surface area (Å²) in [5.74, 6) is -0.0268. The van der Waals surface area contributed by atoms with Gasteiger partial charge in [0, 0.05) is 13.1 Å². The molecule has 0 aliphatic heterocycles. The average molecular weight is 290 g/mol. The normalized spacial score (nSPS) is 18.1. The van der Waals surface area contributed by atoms with Gasteiger partial charge < -0.3 is 15.7 Å². The molecule has 1 aliphatic carbocycles. The van der Waals surface area contributed by atoms with Crippen LogP contribution in [0.5, 0.6) is 0 Å². The SMILES string of the molecule is CNc1nc(NC2(CO)CCCC2)cc(C(F)(F)F)n1. The van der Waals surface area contributed by atoms with E-state index in [0.717, 1.165) is 18.9 Å². The molecule has 0 bridgehead atoms. The molecule has 8 heteroatoms. The monoisotopic (exact) mass is 290 g/mol. The van der Waals surface area contributed by atoms with Gasteiger partial charge in [0.25, 0.3) is 0 Å². The third-order valence-corrected chi connectivity index (χ3v) is 3.50. The third kappa shape index (κ3) is 3.12. The number of aromatic nitrogens is 2. The zero-order chi connectivity index (χ0) is 14.8. The van der Waals surface area contributed by atoms with Gasteiger partial charge in [0.2, 0.25) is 5.95 Å². The summed E-state index contributed by atoms with van der Waals surface area (Å²) in [6, 6.07) is 0.872.